The van der Waals surface area contributed by atoms with Gasteiger partial charge in [-0.1, -0.05) is 41.0 Å². The molecule has 35 heavy (non-hydrogen) atoms. The summed E-state index contributed by atoms with van der Waals surface area (Å²) in [6.07, 6.45) is 11.1. The zero-order valence-corrected chi connectivity index (χ0v) is 25.7. The molecule has 3 rings (SSSR count). The Labute approximate surface area is 220 Å². The summed E-state index contributed by atoms with van der Waals surface area (Å²) >= 11 is 0. The number of rotatable bonds is 9. The van der Waals surface area contributed by atoms with Crippen molar-refractivity contribution in [3.05, 3.63) is 0 Å². The molecule has 0 aromatic heterocycles. The van der Waals surface area contributed by atoms with Gasteiger partial charge >= 0.3 is 0 Å². The van der Waals surface area contributed by atoms with Gasteiger partial charge in [-0.05, 0) is 134 Å². The molecule has 3 nitrogen and oxygen atoms in total. The minimum atomic E-state index is 0.328. The number of hydrogen-bond acceptors (Lipinski definition) is 3. The van der Waals surface area contributed by atoms with E-state index in [1.165, 1.54) is 97.2 Å². The summed E-state index contributed by atoms with van der Waals surface area (Å²) in [5.74, 6) is 2.67. The SMILES string of the molecule is CCC(C)(CCC(C)(C)N1CCC(CN2CCC(C(C)(C)C)CC2)C1)CC1CCN(C(C)(C)C)C1. The Balaban J connectivity index is 1.44. The van der Waals surface area contributed by atoms with E-state index in [1.54, 1.807) is 0 Å². The molecule has 0 aromatic rings. The molecule has 0 saturated carbocycles. The van der Waals surface area contributed by atoms with Crippen LogP contribution < -0.4 is 0 Å². The van der Waals surface area contributed by atoms with Crippen LogP contribution in [0.3, 0.4) is 0 Å². The van der Waals surface area contributed by atoms with Gasteiger partial charge in [-0.15, -0.1) is 0 Å². The summed E-state index contributed by atoms with van der Waals surface area (Å²) in [5.41, 5.74) is 1.63. The van der Waals surface area contributed by atoms with E-state index in [0.717, 1.165) is 17.8 Å². The lowest BCUT2D eigenvalue weighted by Gasteiger charge is -2.41. The fourth-order valence-electron chi connectivity index (χ4n) is 7.37. The van der Waals surface area contributed by atoms with Gasteiger partial charge in [0.15, 0.2) is 0 Å². The Morgan fingerprint density at radius 3 is 1.77 bits per heavy atom. The minimum absolute atomic E-state index is 0.328. The summed E-state index contributed by atoms with van der Waals surface area (Å²) < 4.78 is 0. The third kappa shape index (κ3) is 8.18. The third-order valence-electron chi connectivity index (χ3n) is 10.7. The summed E-state index contributed by atoms with van der Waals surface area (Å²) in [6, 6.07) is 0. The molecule has 3 unspecified atom stereocenters. The zero-order chi connectivity index (χ0) is 26.1. The van der Waals surface area contributed by atoms with Gasteiger partial charge in [0.25, 0.3) is 0 Å². The van der Waals surface area contributed by atoms with Crippen molar-refractivity contribution in [2.45, 2.75) is 132 Å². The highest BCUT2D eigenvalue weighted by Crippen LogP contribution is 2.42. The first-order valence-corrected chi connectivity index (χ1v) is 15.3. The Bertz CT molecular complexity index is 649. The molecule has 3 heterocycles. The van der Waals surface area contributed by atoms with Crippen molar-refractivity contribution in [3.8, 4) is 0 Å². The van der Waals surface area contributed by atoms with Gasteiger partial charge in [0.2, 0.25) is 0 Å². The summed E-state index contributed by atoms with van der Waals surface area (Å²) in [5, 5.41) is 0. The standard InChI is InChI=1S/C32H63N3/c1-11-32(10,22-26-12-20-34(24-26)30(5,6)7)17-16-31(8,9)35-21-13-27(25-35)23-33-18-14-28(15-19-33)29(2,3)4/h26-28H,11-25H2,1-10H3. The molecule has 0 N–H and O–H groups in total. The highest BCUT2D eigenvalue weighted by atomic mass is 15.2. The first kappa shape index (κ1) is 29.4. The fourth-order valence-corrected chi connectivity index (χ4v) is 7.37. The van der Waals surface area contributed by atoms with Gasteiger partial charge in [-0.25, -0.2) is 0 Å². The van der Waals surface area contributed by atoms with Crippen molar-refractivity contribution in [1.82, 2.24) is 14.7 Å². The monoisotopic (exact) mass is 490 g/mol. The van der Waals surface area contributed by atoms with Crippen molar-refractivity contribution < 1.29 is 0 Å². The van der Waals surface area contributed by atoms with Crippen molar-refractivity contribution in [2.75, 3.05) is 45.8 Å². The van der Waals surface area contributed by atoms with Crippen LogP contribution in [0.25, 0.3) is 0 Å². The molecule has 3 heteroatoms. The molecule has 0 spiro atoms. The molecular weight excluding hydrogens is 426 g/mol. The Hall–Kier alpha value is -0.120. The second-order valence-electron chi connectivity index (χ2n) is 16.0. The van der Waals surface area contributed by atoms with Crippen LogP contribution in [0.15, 0.2) is 0 Å². The largest absolute Gasteiger partial charge is 0.303 e. The van der Waals surface area contributed by atoms with Gasteiger partial charge in [-0.2, -0.15) is 0 Å². The number of piperidine rings is 1. The lowest BCUT2D eigenvalue weighted by atomic mass is 9.73. The average molecular weight is 490 g/mol. The second-order valence-corrected chi connectivity index (χ2v) is 16.0. The summed E-state index contributed by atoms with van der Waals surface area (Å²) in [4.78, 5) is 8.36. The van der Waals surface area contributed by atoms with E-state index in [4.69, 9.17) is 0 Å². The number of likely N-dealkylation sites (tertiary alicyclic amines) is 3. The van der Waals surface area contributed by atoms with Gasteiger partial charge in [0.05, 0.1) is 0 Å². The molecule has 0 aromatic carbocycles. The molecule has 0 amide bonds. The van der Waals surface area contributed by atoms with Crippen LogP contribution in [0.2, 0.25) is 0 Å². The van der Waals surface area contributed by atoms with Gasteiger partial charge in [0, 0.05) is 30.7 Å². The van der Waals surface area contributed by atoms with Crippen LogP contribution >= 0.6 is 0 Å². The van der Waals surface area contributed by atoms with Crippen LogP contribution in [0, 0.1) is 28.6 Å². The fraction of sp³-hybridized carbons (Fsp3) is 1.00. The lowest BCUT2D eigenvalue weighted by Crippen LogP contribution is -2.44. The topological polar surface area (TPSA) is 9.72 Å². The van der Waals surface area contributed by atoms with Crippen LogP contribution in [0.5, 0.6) is 0 Å². The van der Waals surface area contributed by atoms with Crippen LogP contribution in [-0.2, 0) is 0 Å². The lowest BCUT2D eigenvalue weighted by molar-refractivity contribution is 0.0877. The van der Waals surface area contributed by atoms with Gasteiger partial charge < -0.3 is 4.90 Å². The van der Waals surface area contributed by atoms with E-state index in [2.05, 4.69) is 83.9 Å². The Morgan fingerprint density at radius 2 is 1.23 bits per heavy atom. The molecule has 0 radical (unpaired) electrons. The molecule has 3 saturated heterocycles. The minimum Gasteiger partial charge on any atom is -0.303 e. The molecule has 3 fully saturated rings. The second kappa shape index (κ2) is 11.3. The van der Waals surface area contributed by atoms with Crippen molar-refractivity contribution in [3.63, 3.8) is 0 Å². The molecule has 3 atom stereocenters. The maximum absolute atomic E-state index is 2.85. The van der Waals surface area contributed by atoms with E-state index >= 15 is 0 Å². The first-order chi connectivity index (χ1) is 16.1. The average Bonchev–Trinajstić information content (AvgIpc) is 3.42. The molecule has 3 aliphatic rings. The zero-order valence-electron chi connectivity index (χ0n) is 25.7. The third-order valence-corrected chi connectivity index (χ3v) is 10.7. The van der Waals surface area contributed by atoms with Crippen molar-refractivity contribution >= 4 is 0 Å². The van der Waals surface area contributed by atoms with E-state index in [1.807, 2.05) is 0 Å². The molecule has 0 bridgehead atoms. The number of nitrogens with zero attached hydrogens (tertiary/aromatic N) is 3. The highest BCUT2D eigenvalue weighted by Gasteiger charge is 2.38. The number of hydrogen-bond donors (Lipinski definition) is 0. The highest BCUT2D eigenvalue weighted by molar-refractivity contribution is 4.93. The molecule has 3 aliphatic heterocycles. The van der Waals surface area contributed by atoms with E-state index < -0.39 is 0 Å². The van der Waals surface area contributed by atoms with E-state index in [0.29, 0.717) is 21.9 Å². The van der Waals surface area contributed by atoms with Crippen LogP contribution in [0.1, 0.15) is 121 Å². The van der Waals surface area contributed by atoms with Gasteiger partial charge in [-0.3, -0.25) is 9.80 Å². The van der Waals surface area contributed by atoms with Crippen LogP contribution in [-0.4, -0.2) is 71.6 Å². The molecule has 0 aliphatic carbocycles. The quantitative estimate of drug-likeness (QED) is 0.331. The molecule has 206 valence electrons. The maximum atomic E-state index is 2.85. The normalized spacial score (nSPS) is 28.6. The predicted octanol–water partition coefficient (Wildman–Crippen LogP) is 7.55. The Kier molecular flexibility index (Phi) is 9.52. The van der Waals surface area contributed by atoms with E-state index in [9.17, 15) is 0 Å². The van der Waals surface area contributed by atoms with Crippen molar-refractivity contribution in [1.29, 1.82) is 0 Å². The van der Waals surface area contributed by atoms with Crippen LogP contribution in [0.4, 0.5) is 0 Å². The molecular formula is C32H63N3. The Morgan fingerprint density at radius 1 is 0.657 bits per heavy atom. The predicted molar refractivity (Wildman–Crippen MR) is 154 cm³/mol. The first-order valence-electron chi connectivity index (χ1n) is 15.3. The summed E-state index contributed by atoms with van der Waals surface area (Å²) in [7, 11) is 0. The van der Waals surface area contributed by atoms with Crippen molar-refractivity contribution in [2.24, 2.45) is 28.6 Å². The van der Waals surface area contributed by atoms with E-state index in [-0.39, 0.29) is 0 Å². The smallest absolute Gasteiger partial charge is 0.0153 e. The maximum Gasteiger partial charge on any atom is 0.0153 e. The summed E-state index contributed by atoms with van der Waals surface area (Å²) in [6.45, 7) is 33.8. The van der Waals surface area contributed by atoms with Gasteiger partial charge in [0.1, 0.15) is 0 Å².